The Balaban J connectivity index is 2.06. The third-order valence-electron chi connectivity index (χ3n) is 3.41. The zero-order chi connectivity index (χ0) is 15.0. The van der Waals surface area contributed by atoms with Gasteiger partial charge in [0, 0.05) is 6.20 Å². The van der Waals surface area contributed by atoms with Gasteiger partial charge in [-0.15, -0.1) is 0 Å². The van der Waals surface area contributed by atoms with Crippen LogP contribution in [0.1, 0.15) is 13.3 Å². The predicted molar refractivity (Wildman–Crippen MR) is 81.0 cm³/mol. The average Bonchev–Trinajstić information content (AvgIpc) is 2.91. The van der Waals surface area contributed by atoms with E-state index in [2.05, 4.69) is 15.4 Å². The van der Waals surface area contributed by atoms with Crippen molar-refractivity contribution in [2.24, 2.45) is 5.84 Å². The van der Waals surface area contributed by atoms with E-state index in [1.54, 1.807) is 12.1 Å². The lowest BCUT2D eigenvalue weighted by molar-refractivity contribution is 0.580. The number of aromatic nitrogens is 3. The Morgan fingerprint density at radius 2 is 2.29 bits per heavy atom. The first-order valence-electron chi connectivity index (χ1n) is 6.42. The Bertz CT molecular complexity index is 851. The number of nitrogen functional groups attached to an aromatic ring is 1. The van der Waals surface area contributed by atoms with Crippen LogP contribution in [-0.4, -0.2) is 27.6 Å². The van der Waals surface area contributed by atoms with Crippen molar-refractivity contribution in [3.63, 3.8) is 0 Å². The summed E-state index contributed by atoms with van der Waals surface area (Å²) in [6, 6.07) is 1.61. The number of nitrogens with one attached hydrogen (secondary N) is 1. The number of nitrogens with zero attached hydrogens (tertiary/aromatic N) is 3. The van der Waals surface area contributed by atoms with Gasteiger partial charge in [-0.3, -0.25) is 0 Å². The second kappa shape index (κ2) is 4.97. The average molecular weight is 305 g/mol. The lowest BCUT2D eigenvalue weighted by Gasteiger charge is -2.16. The van der Waals surface area contributed by atoms with Gasteiger partial charge >= 0.3 is 0 Å². The van der Waals surface area contributed by atoms with E-state index in [0.29, 0.717) is 23.4 Å². The third-order valence-corrected chi connectivity index (χ3v) is 5.36. The first-order valence-corrected chi connectivity index (χ1v) is 7.93. The summed E-state index contributed by atoms with van der Waals surface area (Å²) in [6.45, 7) is 1.94. The smallest absolute Gasteiger partial charge is 0.247 e. The Labute approximate surface area is 122 Å². The van der Waals surface area contributed by atoms with Gasteiger partial charge < -0.3 is 5.43 Å². The van der Waals surface area contributed by atoms with E-state index >= 15 is 0 Å². The van der Waals surface area contributed by atoms with Crippen molar-refractivity contribution in [1.82, 2.24) is 13.9 Å². The minimum absolute atomic E-state index is 0.300. The van der Waals surface area contributed by atoms with Gasteiger partial charge in [0.25, 0.3) is 0 Å². The summed E-state index contributed by atoms with van der Waals surface area (Å²) in [5, 5.41) is -0.592. The molecule has 1 aliphatic rings. The van der Waals surface area contributed by atoms with Gasteiger partial charge in [0.1, 0.15) is 10.8 Å². The van der Waals surface area contributed by atoms with Crippen LogP contribution >= 0.6 is 0 Å². The summed E-state index contributed by atoms with van der Waals surface area (Å²) in [5.74, 6) is 5.65. The molecule has 0 saturated carbocycles. The normalized spacial score (nSPS) is 18.8. The summed E-state index contributed by atoms with van der Waals surface area (Å²) < 4.78 is 26.6. The first kappa shape index (κ1) is 13.8. The van der Waals surface area contributed by atoms with Gasteiger partial charge in [-0.1, -0.05) is 23.8 Å². The molecule has 0 fully saturated rings. The maximum Gasteiger partial charge on any atom is 0.247 e. The van der Waals surface area contributed by atoms with Crippen molar-refractivity contribution >= 4 is 27.0 Å². The molecule has 110 valence electrons. The third kappa shape index (κ3) is 2.32. The van der Waals surface area contributed by atoms with Crippen LogP contribution in [0, 0.1) is 0 Å². The minimum Gasteiger partial charge on any atom is -0.307 e. The summed E-state index contributed by atoms with van der Waals surface area (Å²) in [5.41, 5.74) is 4.22. The number of rotatable bonds is 3. The van der Waals surface area contributed by atoms with E-state index in [1.807, 2.05) is 19.1 Å². The molecule has 1 aliphatic carbocycles. The molecule has 2 heterocycles. The number of anilines is 1. The maximum atomic E-state index is 12.7. The van der Waals surface area contributed by atoms with Gasteiger partial charge in [0.05, 0.1) is 6.20 Å². The molecule has 3 rings (SSSR count). The molecule has 0 saturated heterocycles. The lowest BCUT2D eigenvalue weighted by Crippen LogP contribution is -2.26. The Kier molecular flexibility index (Phi) is 3.26. The van der Waals surface area contributed by atoms with Gasteiger partial charge in [0.2, 0.25) is 10.0 Å². The summed E-state index contributed by atoms with van der Waals surface area (Å²) >= 11 is 0. The van der Waals surface area contributed by atoms with Crippen molar-refractivity contribution < 1.29 is 8.42 Å². The van der Waals surface area contributed by atoms with E-state index in [9.17, 15) is 8.42 Å². The van der Waals surface area contributed by atoms with Crippen molar-refractivity contribution in [2.75, 3.05) is 5.43 Å². The van der Waals surface area contributed by atoms with Gasteiger partial charge in [0.15, 0.2) is 11.5 Å². The number of hydrogen-bond donors (Lipinski definition) is 2. The van der Waals surface area contributed by atoms with E-state index in [1.165, 1.54) is 16.4 Å². The van der Waals surface area contributed by atoms with Crippen molar-refractivity contribution in [3.05, 3.63) is 42.3 Å². The number of fused-ring (bicyclic) bond motifs is 1. The molecule has 7 nitrogen and oxygen atoms in total. The molecule has 8 heteroatoms. The molecule has 0 aliphatic heterocycles. The Morgan fingerprint density at radius 1 is 1.48 bits per heavy atom. The molecule has 2 aromatic heterocycles. The maximum absolute atomic E-state index is 12.7. The zero-order valence-corrected chi connectivity index (χ0v) is 12.2. The largest absolute Gasteiger partial charge is 0.307 e. The number of hydrazine groups is 1. The molecule has 0 spiro atoms. The molecule has 0 aromatic carbocycles. The summed E-state index contributed by atoms with van der Waals surface area (Å²) in [4.78, 5) is 8.30. The van der Waals surface area contributed by atoms with Gasteiger partial charge in [-0.05, 0) is 19.4 Å². The zero-order valence-electron chi connectivity index (χ0n) is 11.4. The van der Waals surface area contributed by atoms with E-state index in [0.717, 1.165) is 5.57 Å². The predicted octanol–water partition coefficient (Wildman–Crippen LogP) is 1.17. The van der Waals surface area contributed by atoms with E-state index in [4.69, 9.17) is 5.84 Å². The standard InChI is InChI=1S/C13H15N5O2S/c1-9-2-4-10(5-3-9)21(19,20)18-7-6-11-13(18)15-8-12(16-11)17-14/h2-4,6-8,10H,5,14H2,1H3,(H,16,17). The monoisotopic (exact) mass is 305 g/mol. The van der Waals surface area contributed by atoms with Crippen LogP contribution in [0.4, 0.5) is 5.82 Å². The summed E-state index contributed by atoms with van der Waals surface area (Å²) in [7, 11) is -3.56. The van der Waals surface area contributed by atoms with E-state index < -0.39 is 15.3 Å². The van der Waals surface area contributed by atoms with Crippen LogP contribution in [-0.2, 0) is 10.0 Å². The van der Waals surface area contributed by atoms with Crippen LogP contribution in [0.25, 0.3) is 11.2 Å². The highest BCUT2D eigenvalue weighted by Gasteiger charge is 2.27. The SMILES string of the molecule is CC1=CCC(S(=O)(=O)n2ccc3nc(NN)cnc32)C=C1. The molecule has 21 heavy (non-hydrogen) atoms. The van der Waals surface area contributed by atoms with Crippen LogP contribution in [0.15, 0.2) is 42.3 Å². The van der Waals surface area contributed by atoms with Gasteiger partial charge in [-0.2, -0.15) is 0 Å². The molecule has 3 N–H and O–H groups in total. The van der Waals surface area contributed by atoms with Crippen molar-refractivity contribution in [3.8, 4) is 0 Å². The first-order chi connectivity index (χ1) is 10.0. The fourth-order valence-corrected chi connectivity index (χ4v) is 3.76. The quantitative estimate of drug-likeness (QED) is 0.652. The fraction of sp³-hybridized carbons (Fsp3) is 0.231. The second-order valence-electron chi connectivity index (χ2n) is 4.85. The Morgan fingerprint density at radius 3 is 2.95 bits per heavy atom. The van der Waals surface area contributed by atoms with Crippen molar-refractivity contribution in [2.45, 2.75) is 18.6 Å². The van der Waals surface area contributed by atoms with Crippen molar-refractivity contribution in [1.29, 1.82) is 0 Å². The fourth-order valence-electron chi connectivity index (χ4n) is 2.24. The summed E-state index contributed by atoms with van der Waals surface area (Å²) in [6.07, 6.45) is 8.77. The van der Waals surface area contributed by atoms with Crippen LogP contribution in [0.2, 0.25) is 0 Å². The van der Waals surface area contributed by atoms with Gasteiger partial charge in [-0.25, -0.2) is 28.2 Å². The highest BCUT2D eigenvalue weighted by molar-refractivity contribution is 7.90. The Hall–Kier alpha value is -2.19. The molecule has 2 aromatic rings. The minimum atomic E-state index is -3.56. The molecule has 1 unspecified atom stereocenters. The molecular formula is C13H15N5O2S. The molecular weight excluding hydrogens is 290 g/mol. The van der Waals surface area contributed by atoms with Crippen LogP contribution in [0.5, 0.6) is 0 Å². The molecule has 1 atom stereocenters. The lowest BCUT2D eigenvalue weighted by atomic mass is 10.1. The number of nitrogens with two attached hydrogens (primary N) is 1. The van der Waals surface area contributed by atoms with Crippen LogP contribution < -0.4 is 11.3 Å². The van der Waals surface area contributed by atoms with Crippen LogP contribution in [0.3, 0.4) is 0 Å². The van der Waals surface area contributed by atoms with E-state index in [-0.39, 0.29) is 0 Å². The topological polar surface area (TPSA) is 103 Å². The highest BCUT2D eigenvalue weighted by atomic mass is 32.2. The number of allylic oxidation sites excluding steroid dienone is 3. The molecule has 0 amide bonds. The number of hydrogen-bond acceptors (Lipinski definition) is 6. The second-order valence-corrected chi connectivity index (χ2v) is 6.88. The molecule has 0 bridgehead atoms. The highest BCUT2D eigenvalue weighted by Crippen LogP contribution is 2.22. The molecule has 0 radical (unpaired) electrons.